The zero-order chi connectivity index (χ0) is 40.3. The zero-order valence-electron chi connectivity index (χ0n) is 33.1. The standard InChI is InChI=1S/C58H37NO2/c1-3-13-38(14-4-1)40-29-33-45(34-30-40)59(46-35-31-41(32-36-46)39-15-5-2-6-16-39)52-22-12-24-54-56(52)51-37-44-17-7-8-18-47(44)55(58(51)61-54)43-27-25-42(26-28-43)48-20-11-21-50-49-19-9-10-23-53(49)60-57(48)50/h1-37H. The number of hydrogen-bond acceptors (Lipinski definition) is 3. The number of para-hydroxylation sites is 2. The average molecular weight is 780 g/mol. The fourth-order valence-electron chi connectivity index (χ4n) is 9.16. The van der Waals surface area contributed by atoms with Gasteiger partial charge in [0, 0.05) is 38.7 Å². The third-order valence-electron chi connectivity index (χ3n) is 12.1. The number of benzene rings is 10. The Kier molecular flexibility index (Phi) is 8.17. The second-order valence-corrected chi connectivity index (χ2v) is 15.6. The molecule has 286 valence electrons. The van der Waals surface area contributed by atoms with E-state index in [1.807, 2.05) is 12.1 Å². The molecule has 0 bridgehead atoms. The van der Waals surface area contributed by atoms with Crippen molar-refractivity contribution in [3.05, 3.63) is 224 Å². The van der Waals surface area contributed by atoms with Crippen molar-refractivity contribution in [3.8, 4) is 44.5 Å². The van der Waals surface area contributed by atoms with Gasteiger partial charge in [0.1, 0.15) is 22.3 Å². The molecule has 3 nitrogen and oxygen atoms in total. The van der Waals surface area contributed by atoms with E-state index in [1.54, 1.807) is 0 Å². The molecule has 2 aromatic heterocycles. The number of rotatable bonds is 7. The van der Waals surface area contributed by atoms with Crippen LogP contribution >= 0.6 is 0 Å². The fourth-order valence-corrected chi connectivity index (χ4v) is 9.16. The minimum atomic E-state index is 0.837. The second kappa shape index (κ2) is 14.3. The molecule has 0 amide bonds. The van der Waals surface area contributed by atoms with Gasteiger partial charge in [-0.3, -0.25) is 0 Å². The Morgan fingerprint density at radius 1 is 0.311 bits per heavy atom. The van der Waals surface area contributed by atoms with Gasteiger partial charge in [-0.2, -0.15) is 0 Å². The van der Waals surface area contributed by atoms with E-state index >= 15 is 0 Å². The van der Waals surface area contributed by atoms with Gasteiger partial charge in [-0.1, -0.05) is 176 Å². The molecule has 0 aliphatic carbocycles. The SMILES string of the molecule is c1ccc(-c2ccc(N(c3ccc(-c4ccccc4)cc3)c3cccc4oc5c(-c6ccc(-c7cccc8c7oc7ccccc78)cc6)c6ccccc6cc5c34)cc2)cc1. The highest BCUT2D eigenvalue weighted by Gasteiger charge is 2.23. The Balaban J connectivity index is 1.03. The van der Waals surface area contributed by atoms with E-state index in [-0.39, 0.29) is 0 Å². The highest BCUT2D eigenvalue weighted by molar-refractivity contribution is 6.22. The molecule has 10 aromatic carbocycles. The van der Waals surface area contributed by atoms with E-state index in [4.69, 9.17) is 8.83 Å². The summed E-state index contributed by atoms with van der Waals surface area (Å²) in [5.74, 6) is 0. The van der Waals surface area contributed by atoms with Crippen molar-refractivity contribution in [2.45, 2.75) is 0 Å². The topological polar surface area (TPSA) is 29.5 Å². The van der Waals surface area contributed by atoms with Crippen molar-refractivity contribution in [2.75, 3.05) is 4.90 Å². The quantitative estimate of drug-likeness (QED) is 0.161. The lowest BCUT2D eigenvalue weighted by Crippen LogP contribution is -2.10. The first-order valence-electron chi connectivity index (χ1n) is 20.7. The number of furan rings is 2. The van der Waals surface area contributed by atoms with Gasteiger partial charge in [0.15, 0.2) is 0 Å². The summed E-state index contributed by atoms with van der Waals surface area (Å²) in [4.78, 5) is 2.36. The van der Waals surface area contributed by atoms with Crippen molar-refractivity contribution in [1.82, 2.24) is 0 Å². The summed E-state index contributed by atoms with van der Waals surface area (Å²) in [7, 11) is 0. The minimum absolute atomic E-state index is 0.837. The van der Waals surface area contributed by atoms with E-state index in [0.717, 1.165) is 94.0 Å². The second-order valence-electron chi connectivity index (χ2n) is 15.6. The molecule has 0 aliphatic heterocycles. The maximum Gasteiger partial charge on any atom is 0.143 e. The molecular formula is C58H37NO2. The van der Waals surface area contributed by atoms with Gasteiger partial charge in [0.2, 0.25) is 0 Å². The molecule has 0 radical (unpaired) electrons. The van der Waals surface area contributed by atoms with Crippen LogP contribution in [0.2, 0.25) is 0 Å². The van der Waals surface area contributed by atoms with Gasteiger partial charge in [0.05, 0.1) is 11.1 Å². The van der Waals surface area contributed by atoms with Crippen molar-refractivity contribution < 1.29 is 8.83 Å². The molecule has 0 saturated heterocycles. The number of anilines is 3. The van der Waals surface area contributed by atoms with Crippen LogP contribution in [0.15, 0.2) is 233 Å². The summed E-state index contributed by atoms with van der Waals surface area (Å²) in [6.07, 6.45) is 0. The Morgan fingerprint density at radius 2 is 0.820 bits per heavy atom. The van der Waals surface area contributed by atoms with Crippen molar-refractivity contribution >= 4 is 71.7 Å². The van der Waals surface area contributed by atoms with Crippen LogP contribution in [-0.2, 0) is 0 Å². The molecule has 0 N–H and O–H groups in total. The molecule has 12 rings (SSSR count). The van der Waals surface area contributed by atoms with E-state index in [2.05, 4.69) is 217 Å². The third kappa shape index (κ3) is 5.90. The Labute approximate surface area is 353 Å². The average Bonchev–Trinajstić information content (AvgIpc) is 3.91. The van der Waals surface area contributed by atoms with E-state index < -0.39 is 0 Å². The lowest BCUT2D eigenvalue weighted by Gasteiger charge is -2.26. The van der Waals surface area contributed by atoms with Crippen LogP contribution in [0.4, 0.5) is 17.1 Å². The van der Waals surface area contributed by atoms with Crippen molar-refractivity contribution in [2.24, 2.45) is 0 Å². The summed E-state index contributed by atoms with van der Waals surface area (Å²) < 4.78 is 13.5. The Bertz CT molecular complexity index is 3460. The zero-order valence-corrected chi connectivity index (χ0v) is 33.1. The third-order valence-corrected chi connectivity index (χ3v) is 12.1. The predicted octanol–water partition coefficient (Wildman–Crippen LogP) is 16.8. The van der Waals surface area contributed by atoms with Crippen LogP contribution in [0.25, 0.3) is 99.2 Å². The molecule has 0 atom stereocenters. The van der Waals surface area contributed by atoms with Crippen LogP contribution < -0.4 is 4.90 Å². The fraction of sp³-hybridized carbons (Fsp3) is 0. The summed E-state index contributed by atoms with van der Waals surface area (Å²) in [6, 6.07) is 79.7. The van der Waals surface area contributed by atoms with Crippen LogP contribution in [0.5, 0.6) is 0 Å². The van der Waals surface area contributed by atoms with Crippen LogP contribution in [0, 0.1) is 0 Å². The lowest BCUT2D eigenvalue weighted by atomic mass is 9.93. The van der Waals surface area contributed by atoms with E-state index in [1.165, 1.54) is 22.3 Å². The monoisotopic (exact) mass is 779 g/mol. The molecule has 0 saturated carbocycles. The molecule has 61 heavy (non-hydrogen) atoms. The van der Waals surface area contributed by atoms with E-state index in [9.17, 15) is 0 Å². The summed E-state index contributed by atoms with van der Waals surface area (Å²) in [6.45, 7) is 0. The summed E-state index contributed by atoms with van der Waals surface area (Å²) >= 11 is 0. The maximum atomic E-state index is 7.03. The molecular weight excluding hydrogens is 743 g/mol. The van der Waals surface area contributed by atoms with Gasteiger partial charge in [-0.15, -0.1) is 0 Å². The van der Waals surface area contributed by atoms with Crippen molar-refractivity contribution in [3.63, 3.8) is 0 Å². The smallest absolute Gasteiger partial charge is 0.143 e. The van der Waals surface area contributed by atoms with Crippen LogP contribution in [0.3, 0.4) is 0 Å². The molecule has 3 heteroatoms. The summed E-state index contributed by atoms with van der Waals surface area (Å²) in [5, 5.41) is 6.70. The first kappa shape index (κ1) is 34.9. The predicted molar refractivity (Wildman–Crippen MR) is 255 cm³/mol. The summed E-state index contributed by atoms with van der Waals surface area (Å²) in [5.41, 5.74) is 15.7. The lowest BCUT2D eigenvalue weighted by molar-refractivity contribution is 0.669. The number of fused-ring (bicyclic) bond motifs is 7. The van der Waals surface area contributed by atoms with Gasteiger partial charge < -0.3 is 13.7 Å². The molecule has 0 unspecified atom stereocenters. The highest BCUT2D eigenvalue weighted by Crippen LogP contribution is 2.48. The first-order valence-corrected chi connectivity index (χ1v) is 20.7. The van der Waals surface area contributed by atoms with Gasteiger partial charge in [-0.25, -0.2) is 0 Å². The highest BCUT2D eigenvalue weighted by atomic mass is 16.3. The van der Waals surface area contributed by atoms with Gasteiger partial charge in [0.25, 0.3) is 0 Å². The molecule has 0 aliphatic rings. The largest absolute Gasteiger partial charge is 0.455 e. The number of nitrogens with zero attached hydrogens (tertiary/aromatic N) is 1. The maximum absolute atomic E-state index is 7.03. The molecule has 12 aromatic rings. The molecule has 2 heterocycles. The minimum Gasteiger partial charge on any atom is -0.455 e. The van der Waals surface area contributed by atoms with Gasteiger partial charge in [-0.05, 0) is 92.7 Å². The molecule has 0 spiro atoms. The number of hydrogen-bond donors (Lipinski definition) is 0. The van der Waals surface area contributed by atoms with Gasteiger partial charge >= 0.3 is 0 Å². The Hall–Kier alpha value is -8.14. The van der Waals surface area contributed by atoms with Crippen molar-refractivity contribution in [1.29, 1.82) is 0 Å². The normalized spacial score (nSPS) is 11.6. The Morgan fingerprint density at radius 3 is 1.51 bits per heavy atom. The first-order chi connectivity index (χ1) is 30.2. The molecule has 0 fully saturated rings. The van der Waals surface area contributed by atoms with Crippen LogP contribution in [-0.4, -0.2) is 0 Å². The van der Waals surface area contributed by atoms with E-state index in [0.29, 0.717) is 0 Å². The van der Waals surface area contributed by atoms with Crippen LogP contribution in [0.1, 0.15) is 0 Å².